The van der Waals surface area contributed by atoms with Crippen molar-refractivity contribution >= 4 is 33.1 Å². The topological polar surface area (TPSA) is 33.1 Å². The summed E-state index contributed by atoms with van der Waals surface area (Å²) in [5.41, 5.74) is 3.72. The van der Waals surface area contributed by atoms with Gasteiger partial charge in [0.05, 0.1) is 9.48 Å². The van der Waals surface area contributed by atoms with Crippen molar-refractivity contribution in [3.8, 4) is 0 Å². The second-order valence-electron chi connectivity index (χ2n) is 5.30. The smallest absolute Gasteiger partial charge is 0.131 e. The fraction of sp³-hybridized carbons (Fsp3) is 0.533. The van der Waals surface area contributed by atoms with Gasteiger partial charge in [-0.25, -0.2) is 0 Å². The molecule has 0 bridgehead atoms. The maximum Gasteiger partial charge on any atom is 0.131 e. The van der Waals surface area contributed by atoms with E-state index in [2.05, 4.69) is 63.6 Å². The normalized spacial score (nSPS) is 11.1. The molecule has 0 saturated heterocycles. The molecule has 1 N–H and O–H groups in total. The lowest BCUT2D eigenvalue weighted by Crippen LogP contribution is -2.22. The molecule has 0 spiro atoms. The summed E-state index contributed by atoms with van der Waals surface area (Å²) in [7, 11) is 4.15. The van der Waals surface area contributed by atoms with E-state index in [9.17, 15) is 0 Å². The molecule has 0 fully saturated rings. The number of nitrogens with one attached hydrogen (secondary N) is 1. The molecule has 0 radical (unpaired) electrons. The molecule has 0 amide bonds. The number of anilines is 1. The number of aryl methyl sites for hydroxylation is 2. The van der Waals surface area contributed by atoms with Gasteiger partial charge in [-0.3, -0.25) is 4.68 Å². The van der Waals surface area contributed by atoms with Crippen LogP contribution in [-0.4, -0.2) is 23.4 Å². The van der Waals surface area contributed by atoms with E-state index in [4.69, 9.17) is 0 Å². The highest BCUT2D eigenvalue weighted by atomic mass is 79.9. The first-order chi connectivity index (χ1) is 10.0. The van der Waals surface area contributed by atoms with Gasteiger partial charge in [0.1, 0.15) is 5.82 Å². The number of halogens is 1. The van der Waals surface area contributed by atoms with Crippen molar-refractivity contribution in [1.82, 2.24) is 15.1 Å². The van der Waals surface area contributed by atoms with Crippen LogP contribution >= 0.6 is 27.3 Å². The van der Waals surface area contributed by atoms with Crippen LogP contribution in [0, 0.1) is 6.92 Å². The quantitative estimate of drug-likeness (QED) is 0.754. The van der Waals surface area contributed by atoms with Crippen LogP contribution in [0.4, 0.5) is 5.82 Å². The molecular formula is C15H23BrN4S. The molecule has 0 aliphatic heterocycles. The van der Waals surface area contributed by atoms with Crippen LogP contribution in [0.3, 0.4) is 0 Å². The lowest BCUT2D eigenvalue weighted by Gasteiger charge is -2.21. The van der Waals surface area contributed by atoms with Crippen molar-refractivity contribution < 1.29 is 0 Å². The molecule has 21 heavy (non-hydrogen) atoms. The van der Waals surface area contributed by atoms with Crippen molar-refractivity contribution in [2.24, 2.45) is 7.05 Å². The number of nitrogens with zero attached hydrogens (tertiary/aromatic N) is 3. The molecule has 2 aromatic rings. The third kappa shape index (κ3) is 4.08. The average molecular weight is 371 g/mol. The lowest BCUT2D eigenvalue weighted by molar-refractivity contribution is 0.669. The molecule has 0 unspecified atom stereocenters. The van der Waals surface area contributed by atoms with E-state index in [0.717, 1.165) is 31.7 Å². The molecule has 116 valence electrons. The number of hydrogen-bond acceptors (Lipinski definition) is 4. The fourth-order valence-corrected chi connectivity index (χ4v) is 3.74. The first-order valence-corrected chi connectivity index (χ1v) is 8.87. The molecule has 2 rings (SSSR count). The zero-order chi connectivity index (χ0) is 15.4. The van der Waals surface area contributed by atoms with E-state index < -0.39 is 0 Å². The van der Waals surface area contributed by atoms with Crippen LogP contribution in [0.25, 0.3) is 0 Å². The highest BCUT2D eigenvalue weighted by Gasteiger charge is 2.17. The molecule has 2 heterocycles. The summed E-state index contributed by atoms with van der Waals surface area (Å²) in [6.07, 6.45) is 1.15. The number of hydrogen-bond donors (Lipinski definition) is 1. The lowest BCUT2D eigenvalue weighted by atomic mass is 10.2. The zero-order valence-electron chi connectivity index (χ0n) is 13.1. The van der Waals surface area contributed by atoms with E-state index in [1.807, 2.05) is 11.7 Å². The van der Waals surface area contributed by atoms with Gasteiger partial charge < -0.3 is 10.2 Å². The Hall–Kier alpha value is -0.850. The number of rotatable bonds is 7. The van der Waals surface area contributed by atoms with Crippen LogP contribution in [0.15, 0.2) is 15.2 Å². The van der Waals surface area contributed by atoms with E-state index in [1.165, 1.54) is 20.7 Å². The van der Waals surface area contributed by atoms with Gasteiger partial charge in [0, 0.05) is 32.7 Å². The average Bonchev–Trinajstić information content (AvgIpc) is 2.94. The maximum absolute atomic E-state index is 4.59. The van der Waals surface area contributed by atoms with Gasteiger partial charge in [-0.05, 0) is 52.8 Å². The minimum Gasteiger partial charge on any atom is -0.355 e. The summed E-state index contributed by atoms with van der Waals surface area (Å²) in [4.78, 5) is 2.28. The molecule has 2 aromatic heterocycles. The Morgan fingerprint density at radius 3 is 2.86 bits per heavy atom. The zero-order valence-corrected chi connectivity index (χ0v) is 15.5. The molecule has 0 aliphatic carbocycles. The summed E-state index contributed by atoms with van der Waals surface area (Å²) in [6, 6.07) is 2.18. The first-order valence-electron chi connectivity index (χ1n) is 7.20. The van der Waals surface area contributed by atoms with Crippen LogP contribution in [0.5, 0.6) is 0 Å². The minimum absolute atomic E-state index is 0.876. The Bertz CT molecular complexity index is 591. The highest BCUT2D eigenvalue weighted by Crippen LogP contribution is 2.26. The summed E-state index contributed by atoms with van der Waals surface area (Å²) in [5.74, 6) is 1.19. The summed E-state index contributed by atoms with van der Waals surface area (Å²) < 4.78 is 3.16. The van der Waals surface area contributed by atoms with E-state index >= 15 is 0 Å². The second kappa shape index (κ2) is 7.42. The van der Waals surface area contributed by atoms with Crippen LogP contribution in [0.2, 0.25) is 0 Å². The third-order valence-electron chi connectivity index (χ3n) is 3.44. The SMILES string of the molecule is CCCNCc1c(C)nn(C)c1N(C)Cc1csc(Br)c1. The van der Waals surface area contributed by atoms with Gasteiger partial charge in [0.2, 0.25) is 0 Å². The van der Waals surface area contributed by atoms with Crippen molar-refractivity contribution in [2.75, 3.05) is 18.5 Å². The molecule has 0 saturated carbocycles. The van der Waals surface area contributed by atoms with Crippen molar-refractivity contribution in [2.45, 2.75) is 33.4 Å². The summed E-state index contributed by atoms with van der Waals surface area (Å²) >= 11 is 5.25. The van der Waals surface area contributed by atoms with Crippen LogP contribution in [-0.2, 0) is 20.1 Å². The monoisotopic (exact) mass is 370 g/mol. The molecule has 6 heteroatoms. The van der Waals surface area contributed by atoms with Gasteiger partial charge >= 0.3 is 0 Å². The van der Waals surface area contributed by atoms with E-state index in [1.54, 1.807) is 11.3 Å². The third-order valence-corrected chi connectivity index (χ3v) is 5.00. The molecule has 0 atom stereocenters. The van der Waals surface area contributed by atoms with Gasteiger partial charge in [0.25, 0.3) is 0 Å². The standard InChI is InChI=1S/C15H23BrN4S/c1-5-6-17-8-13-11(2)18-20(4)15(13)19(3)9-12-7-14(16)21-10-12/h7,10,17H,5-6,8-9H2,1-4H3. The molecule has 4 nitrogen and oxygen atoms in total. The van der Waals surface area contributed by atoms with Gasteiger partial charge in [0.15, 0.2) is 0 Å². The van der Waals surface area contributed by atoms with E-state index in [-0.39, 0.29) is 0 Å². The minimum atomic E-state index is 0.876. The Morgan fingerprint density at radius 1 is 1.48 bits per heavy atom. The van der Waals surface area contributed by atoms with Crippen molar-refractivity contribution in [3.05, 3.63) is 32.1 Å². The van der Waals surface area contributed by atoms with Gasteiger partial charge in [-0.1, -0.05) is 6.92 Å². The highest BCUT2D eigenvalue weighted by molar-refractivity contribution is 9.11. The molecule has 0 aliphatic rings. The van der Waals surface area contributed by atoms with Crippen LogP contribution in [0.1, 0.15) is 30.2 Å². The molecule has 0 aromatic carbocycles. The van der Waals surface area contributed by atoms with E-state index in [0.29, 0.717) is 0 Å². The van der Waals surface area contributed by atoms with Crippen molar-refractivity contribution in [3.63, 3.8) is 0 Å². The fourth-order valence-electron chi connectivity index (χ4n) is 2.54. The predicted molar refractivity (Wildman–Crippen MR) is 94.1 cm³/mol. The maximum atomic E-state index is 4.59. The second-order valence-corrected chi connectivity index (χ2v) is 7.59. The largest absolute Gasteiger partial charge is 0.355 e. The Labute approximate surface area is 139 Å². The Morgan fingerprint density at radius 2 is 2.24 bits per heavy atom. The van der Waals surface area contributed by atoms with Gasteiger partial charge in [-0.2, -0.15) is 5.10 Å². The number of thiophene rings is 1. The Balaban J connectivity index is 2.16. The Kier molecular flexibility index (Phi) is 5.84. The molecular weight excluding hydrogens is 348 g/mol. The first kappa shape index (κ1) is 16.5. The predicted octanol–water partition coefficient (Wildman–Crippen LogP) is 3.69. The van der Waals surface area contributed by atoms with Gasteiger partial charge in [-0.15, -0.1) is 11.3 Å². The number of aromatic nitrogens is 2. The summed E-state index contributed by atoms with van der Waals surface area (Å²) in [6.45, 7) is 7.07. The van der Waals surface area contributed by atoms with Crippen molar-refractivity contribution in [1.29, 1.82) is 0 Å². The van der Waals surface area contributed by atoms with Crippen LogP contribution < -0.4 is 10.2 Å². The summed E-state index contributed by atoms with van der Waals surface area (Å²) in [5, 5.41) is 10.3.